The van der Waals surface area contributed by atoms with Crippen molar-refractivity contribution in [1.29, 1.82) is 0 Å². The highest BCUT2D eigenvalue weighted by Gasteiger charge is 1.85. The van der Waals surface area contributed by atoms with E-state index < -0.39 is 6.10 Å². The topological polar surface area (TPSA) is 37.0 Å². The average Bonchev–Trinajstić information content (AvgIpc) is 1.38. The lowest BCUT2D eigenvalue weighted by Crippen LogP contribution is -1.95. The molecule has 1 unspecified atom stereocenters. The van der Waals surface area contributed by atoms with Crippen LogP contribution in [0.25, 0.3) is 0 Å². The number of rotatable bonds is 1. The first-order valence-corrected chi connectivity index (χ1v) is 1.38. The maximum Gasteiger partial charge on any atom is 0.151 e. The molecule has 1 atom stereocenters. The number of carbonyl (C=O) groups excluding carboxylic acids is 1. The fourth-order valence-corrected chi connectivity index (χ4v) is 0. The summed E-state index contributed by atoms with van der Waals surface area (Å²) in [5.41, 5.74) is 0. The van der Waals surface area contributed by atoms with Crippen LogP contribution in [-0.2, 0) is 9.90 Å². The monoisotopic (exact) mass is 73.0 g/mol. The molecule has 0 aliphatic heterocycles. The lowest BCUT2D eigenvalue weighted by atomic mass is 10.5. The molecule has 0 amide bonds. The second-order valence-corrected chi connectivity index (χ2v) is 0.841. The second-order valence-electron chi connectivity index (χ2n) is 0.841. The van der Waals surface area contributed by atoms with E-state index in [0.29, 0.717) is 6.29 Å². The molecule has 0 aromatic heterocycles. The van der Waals surface area contributed by atoms with Gasteiger partial charge in [0.25, 0.3) is 0 Å². The molecule has 0 bridgehead atoms. The van der Waals surface area contributed by atoms with Crippen molar-refractivity contribution in [3.05, 3.63) is 0 Å². The molecule has 0 aliphatic carbocycles. The minimum absolute atomic E-state index is 0.361. The molecule has 0 aromatic carbocycles. The summed E-state index contributed by atoms with van der Waals surface area (Å²) in [5, 5.41) is 9.53. The van der Waals surface area contributed by atoms with Gasteiger partial charge in [-0.3, -0.25) is 0 Å². The molecular weight excluding hydrogens is 68.0 g/mol. The van der Waals surface area contributed by atoms with Crippen LogP contribution in [0.5, 0.6) is 0 Å². The summed E-state index contributed by atoms with van der Waals surface area (Å²) in [7, 11) is 0. The van der Waals surface area contributed by atoms with Gasteiger partial charge >= 0.3 is 0 Å². The van der Waals surface area contributed by atoms with Gasteiger partial charge in [0.2, 0.25) is 0 Å². The van der Waals surface area contributed by atoms with E-state index in [1.165, 1.54) is 6.92 Å². The molecule has 0 aromatic rings. The molecule has 0 fully saturated rings. The zero-order valence-electron chi connectivity index (χ0n) is 2.97. The standard InChI is InChI=1S/C3H5O2/c1-3(5)2-4/h2-3H,1H3. The van der Waals surface area contributed by atoms with E-state index in [0.717, 1.165) is 0 Å². The summed E-state index contributed by atoms with van der Waals surface area (Å²) in [6.07, 6.45) is -0.685. The number of hydrogen-bond acceptors (Lipinski definition) is 1. The van der Waals surface area contributed by atoms with Crippen LogP contribution in [0.1, 0.15) is 6.92 Å². The number of hydrogen-bond donors (Lipinski definition) is 0. The van der Waals surface area contributed by atoms with E-state index in [1.54, 1.807) is 0 Å². The van der Waals surface area contributed by atoms with Gasteiger partial charge in [-0.1, -0.05) is 0 Å². The Balaban J connectivity index is 2.83. The first-order valence-electron chi connectivity index (χ1n) is 1.38. The molecule has 29 valence electrons. The molecule has 2 nitrogen and oxygen atoms in total. The predicted octanol–water partition coefficient (Wildman–Crippen LogP) is 0.00430. The van der Waals surface area contributed by atoms with Gasteiger partial charge in [-0.05, 0) is 6.92 Å². The smallest absolute Gasteiger partial charge is 0.151 e. The molecule has 0 spiro atoms. The van der Waals surface area contributed by atoms with Gasteiger partial charge in [-0.25, -0.2) is 5.11 Å². The van der Waals surface area contributed by atoms with Crippen molar-refractivity contribution >= 4 is 6.29 Å². The summed E-state index contributed by atoms with van der Waals surface area (Å²) in [6.45, 7) is 1.30. The van der Waals surface area contributed by atoms with Crippen LogP contribution in [0, 0.1) is 0 Å². The molecule has 0 saturated heterocycles. The molecule has 0 aliphatic rings. The Kier molecular flexibility index (Phi) is 1.76. The third-order valence-electron chi connectivity index (χ3n) is 0.192. The van der Waals surface area contributed by atoms with Crippen LogP contribution in [0.4, 0.5) is 0 Å². The molecule has 2 heteroatoms. The van der Waals surface area contributed by atoms with Gasteiger partial charge in [0.1, 0.15) is 6.10 Å². The SMILES string of the molecule is CC([O])C=O. The van der Waals surface area contributed by atoms with Gasteiger partial charge < -0.3 is 4.79 Å². The van der Waals surface area contributed by atoms with Crippen molar-refractivity contribution in [3.8, 4) is 0 Å². The highest BCUT2D eigenvalue weighted by atomic mass is 16.3. The zero-order chi connectivity index (χ0) is 4.28. The van der Waals surface area contributed by atoms with Gasteiger partial charge in [-0.2, -0.15) is 0 Å². The Morgan fingerprint density at radius 3 is 2.00 bits per heavy atom. The van der Waals surface area contributed by atoms with Crippen LogP contribution in [0.3, 0.4) is 0 Å². The Morgan fingerprint density at radius 2 is 2.00 bits per heavy atom. The molecule has 5 heavy (non-hydrogen) atoms. The largest absolute Gasteiger partial charge is 0.300 e. The average molecular weight is 73.1 g/mol. The maximum absolute atomic E-state index is 9.53. The van der Waals surface area contributed by atoms with E-state index >= 15 is 0 Å². The minimum Gasteiger partial charge on any atom is -0.300 e. The fourth-order valence-electron chi connectivity index (χ4n) is 0. The van der Waals surface area contributed by atoms with Crippen LogP contribution in [0.15, 0.2) is 0 Å². The van der Waals surface area contributed by atoms with Crippen molar-refractivity contribution < 1.29 is 9.90 Å². The third-order valence-corrected chi connectivity index (χ3v) is 0.192. The van der Waals surface area contributed by atoms with Crippen molar-refractivity contribution in [1.82, 2.24) is 0 Å². The normalized spacial score (nSPS) is 14.0. The van der Waals surface area contributed by atoms with Crippen molar-refractivity contribution in [2.75, 3.05) is 0 Å². The highest BCUT2D eigenvalue weighted by Crippen LogP contribution is 1.64. The van der Waals surface area contributed by atoms with Crippen LogP contribution in [0.2, 0.25) is 0 Å². The van der Waals surface area contributed by atoms with Gasteiger partial charge in [0.05, 0.1) is 0 Å². The molecule has 0 heterocycles. The van der Waals surface area contributed by atoms with E-state index in [1.807, 2.05) is 0 Å². The summed E-state index contributed by atoms with van der Waals surface area (Å²) >= 11 is 0. The van der Waals surface area contributed by atoms with Crippen molar-refractivity contribution in [3.63, 3.8) is 0 Å². The van der Waals surface area contributed by atoms with Gasteiger partial charge in [0.15, 0.2) is 6.29 Å². The Hall–Kier alpha value is -0.370. The minimum atomic E-state index is -1.05. The van der Waals surface area contributed by atoms with E-state index in [9.17, 15) is 9.90 Å². The van der Waals surface area contributed by atoms with Crippen molar-refractivity contribution in [2.24, 2.45) is 0 Å². The first-order chi connectivity index (χ1) is 2.27. The van der Waals surface area contributed by atoms with Crippen LogP contribution in [-0.4, -0.2) is 12.4 Å². The Morgan fingerprint density at radius 1 is 1.80 bits per heavy atom. The summed E-state index contributed by atoms with van der Waals surface area (Å²) in [6, 6.07) is 0. The van der Waals surface area contributed by atoms with E-state index in [2.05, 4.69) is 0 Å². The van der Waals surface area contributed by atoms with Gasteiger partial charge in [0, 0.05) is 0 Å². The molecule has 0 N–H and O–H groups in total. The number of aldehydes is 1. The Bertz CT molecular complexity index is 31.9. The predicted molar refractivity (Wildman–Crippen MR) is 16.2 cm³/mol. The van der Waals surface area contributed by atoms with E-state index in [4.69, 9.17) is 0 Å². The highest BCUT2D eigenvalue weighted by molar-refractivity contribution is 5.54. The third kappa shape index (κ3) is 3.63. The zero-order valence-corrected chi connectivity index (χ0v) is 2.97. The summed E-state index contributed by atoms with van der Waals surface area (Å²) < 4.78 is 0. The quantitative estimate of drug-likeness (QED) is 0.402. The fraction of sp³-hybridized carbons (Fsp3) is 0.667. The van der Waals surface area contributed by atoms with Crippen LogP contribution < -0.4 is 0 Å². The summed E-state index contributed by atoms with van der Waals surface area (Å²) in [4.78, 5) is 9.19. The molecule has 1 radical (unpaired) electrons. The second kappa shape index (κ2) is 1.91. The molecular formula is C3H5O2. The molecule has 0 saturated carbocycles. The van der Waals surface area contributed by atoms with Crippen LogP contribution >= 0.6 is 0 Å². The van der Waals surface area contributed by atoms with E-state index in [-0.39, 0.29) is 0 Å². The van der Waals surface area contributed by atoms with Crippen molar-refractivity contribution in [2.45, 2.75) is 13.0 Å². The lowest BCUT2D eigenvalue weighted by Gasteiger charge is -1.74. The Labute approximate surface area is 30.4 Å². The molecule has 0 rings (SSSR count). The number of carbonyl (C=O) groups is 1. The lowest BCUT2D eigenvalue weighted by molar-refractivity contribution is -0.116. The van der Waals surface area contributed by atoms with Gasteiger partial charge in [-0.15, -0.1) is 0 Å². The summed E-state index contributed by atoms with van der Waals surface area (Å²) in [5.74, 6) is 0. The first kappa shape index (κ1) is 4.63. The maximum atomic E-state index is 9.53.